The van der Waals surface area contributed by atoms with Crippen molar-refractivity contribution in [3.8, 4) is 0 Å². The third kappa shape index (κ3) is 4.62. The molecule has 136 valence electrons. The lowest BCUT2D eigenvalue weighted by Crippen LogP contribution is -2.16. The molecule has 1 saturated heterocycles. The third-order valence-electron chi connectivity index (χ3n) is 4.12. The first-order valence-electron chi connectivity index (χ1n) is 8.44. The van der Waals surface area contributed by atoms with Crippen LogP contribution in [0, 0.1) is 0 Å². The fourth-order valence-electron chi connectivity index (χ4n) is 2.81. The zero-order valence-electron chi connectivity index (χ0n) is 14.0. The first-order chi connectivity index (χ1) is 12.8. The van der Waals surface area contributed by atoms with Crippen LogP contribution in [0.25, 0.3) is 0 Å². The van der Waals surface area contributed by atoms with Crippen LogP contribution in [-0.4, -0.2) is 37.9 Å². The standard InChI is InChI=1S/C17H18ClN5OS2/c18-13-5-3-12(4-6-13)8-16-19-14(10-25-16)11-26-17-20-21-22-23(17)9-15-2-1-7-24-15/h3-6,10,15H,1-2,7-9,11H2/t15-/m0/s1. The maximum Gasteiger partial charge on any atom is 0.209 e. The lowest BCUT2D eigenvalue weighted by atomic mass is 10.2. The van der Waals surface area contributed by atoms with Gasteiger partial charge in [-0.25, -0.2) is 9.67 Å². The normalized spacial score (nSPS) is 17.0. The largest absolute Gasteiger partial charge is 0.376 e. The number of hydrogen-bond acceptors (Lipinski definition) is 7. The zero-order valence-corrected chi connectivity index (χ0v) is 16.4. The fourth-order valence-corrected chi connectivity index (χ4v) is 4.65. The summed E-state index contributed by atoms with van der Waals surface area (Å²) in [5, 5.41) is 16.8. The summed E-state index contributed by atoms with van der Waals surface area (Å²) in [6, 6.07) is 7.90. The van der Waals surface area contributed by atoms with Gasteiger partial charge in [-0.15, -0.1) is 16.4 Å². The van der Waals surface area contributed by atoms with Crippen molar-refractivity contribution in [1.82, 2.24) is 25.2 Å². The lowest BCUT2D eigenvalue weighted by molar-refractivity contribution is 0.0912. The molecule has 0 N–H and O–H groups in total. The molecule has 9 heteroatoms. The number of thioether (sulfide) groups is 1. The summed E-state index contributed by atoms with van der Waals surface area (Å²) in [6.45, 7) is 1.55. The molecule has 1 aliphatic heterocycles. The Morgan fingerprint density at radius 2 is 2.19 bits per heavy atom. The molecule has 0 unspecified atom stereocenters. The summed E-state index contributed by atoms with van der Waals surface area (Å²) in [4.78, 5) is 4.72. The van der Waals surface area contributed by atoms with Crippen molar-refractivity contribution in [3.63, 3.8) is 0 Å². The molecule has 0 aliphatic carbocycles. The van der Waals surface area contributed by atoms with Gasteiger partial charge < -0.3 is 4.74 Å². The highest BCUT2D eigenvalue weighted by molar-refractivity contribution is 7.98. The van der Waals surface area contributed by atoms with Crippen LogP contribution in [0.15, 0.2) is 34.8 Å². The van der Waals surface area contributed by atoms with Gasteiger partial charge in [0.2, 0.25) is 5.16 Å². The molecule has 4 rings (SSSR count). The first kappa shape index (κ1) is 17.9. The van der Waals surface area contributed by atoms with Gasteiger partial charge in [0.1, 0.15) is 0 Å². The molecule has 26 heavy (non-hydrogen) atoms. The molecule has 0 saturated carbocycles. The Morgan fingerprint density at radius 3 is 3.00 bits per heavy atom. The quantitative estimate of drug-likeness (QED) is 0.554. The highest BCUT2D eigenvalue weighted by Gasteiger charge is 2.19. The van der Waals surface area contributed by atoms with Gasteiger partial charge in [0.15, 0.2) is 0 Å². The number of hydrogen-bond donors (Lipinski definition) is 0. The van der Waals surface area contributed by atoms with Gasteiger partial charge in [0.05, 0.1) is 23.4 Å². The molecule has 1 aliphatic rings. The fraction of sp³-hybridized carbons (Fsp3) is 0.412. The van der Waals surface area contributed by atoms with E-state index in [1.165, 1.54) is 5.56 Å². The summed E-state index contributed by atoms with van der Waals surface area (Å²) in [5.74, 6) is 0.753. The summed E-state index contributed by atoms with van der Waals surface area (Å²) in [7, 11) is 0. The third-order valence-corrected chi connectivity index (χ3v) is 6.26. The number of nitrogens with zero attached hydrogens (tertiary/aromatic N) is 5. The van der Waals surface area contributed by atoms with E-state index in [1.54, 1.807) is 23.1 Å². The Hall–Kier alpha value is -1.48. The second-order valence-corrected chi connectivity index (χ2v) is 8.42. The maximum absolute atomic E-state index is 5.93. The zero-order chi connectivity index (χ0) is 17.8. The maximum atomic E-state index is 5.93. The number of halogens is 1. The van der Waals surface area contributed by atoms with Crippen LogP contribution in [0.2, 0.25) is 5.02 Å². The number of benzene rings is 1. The number of ether oxygens (including phenoxy) is 1. The van der Waals surface area contributed by atoms with Gasteiger partial charge in [-0.05, 0) is 41.0 Å². The van der Waals surface area contributed by atoms with Crippen molar-refractivity contribution in [2.24, 2.45) is 0 Å². The van der Waals surface area contributed by atoms with Crippen molar-refractivity contribution in [3.05, 3.63) is 50.9 Å². The Bertz CT molecular complexity index is 845. The second kappa shape index (κ2) is 8.47. The predicted octanol–water partition coefficient (Wildman–Crippen LogP) is 3.85. The number of tetrazole rings is 1. The van der Waals surface area contributed by atoms with Crippen LogP contribution >= 0.6 is 34.7 Å². The molecule has 3 heterocycles. The molecule has 0 bridgehead atoms. The lowest BCUT2D eigenvalue weighted by Gasteiger charge is -2.09. The minimum Gasteiger partial charge on any atom is -0.376 e. The Kier molecular flexibility index (Phi) is 5.84. The Morgan fingerprint density at radius 1 is 1.31 bits per heavy atom. The van der Waals surface area contributed by atoms with Crippen LogP contribution in [0.1, 0.15) is 29.1 Å². The van der Waals surface area contributed by atoms with Gasteiger partial charge >= 0.3 is 0 Å². The monoisotopic (exact) mass is 407 g/mol. The van der Waals surface area contributed by atoms with Crippen molar-refractivity contribution >= 4 is 34.7 Å². The van der Waals surface area contributed by atoms with E-state index >= 15 is 0 Å². The average Bonchev–Trinajstić information content (AvgIpc) is 3.39. The molecule has 0 amide bonds. The van der Waals surface area contributed by atoms with Crippen LogP contribution in [0.5, 0.6) is 0 Å². The summed E-state index contributed by atoms with van der Waals surface area (Å²) >= 11 is 9.22. The van der Waals surface area contributed by atoms with E-state index in [1.807, 2.05) is 28.9 Å². The molecule has 1 fully saturated rings. The molecule has 1 atom stereocenters. The smallest absolute Gasteiger partial charge is 0.209 e. The van der Waals surface area contributed by atoms with Crippen molar-refractivity contribution < 1.29 is 4.74 Å². The van der Waals surface area contributed by atoms with Crippen LogP contribution in [0.4, 0.5) is 0 Å². The predicted molar refractivity (Wildman–Crippen MR) is 103 cm³/mol. The Labute approximate surface area is 164 Å². The van der Waals surface area contributed by atoms with E-state index < -0.39 is 0 Å². The molecule has 6 nitrogen and oxygen atoms in total. The minimum atomic E-state index is 0.225. The van der Waals surface area contributed by atoms with Crippen molar-refractivity contribution in [1.29, 1.82) is 0 Å². The van der Waals surface area contributed by atoms with Gasteiger partial charge in [0.25, 0.3) is 0 Å². The molecule has 1 aromatic carbocycles. The first-order valence-corrected chi connectivity index (χ1v) is 10.7. The van der Waals surface area contributed by atoms with E-state index in [9.17, 15) is 0 Å². The number of aromatic nitrogens is 5. The summed E-state index contributed by atoms with van der Waals surface area (Å²) in [6.07, 6.45) is 3.24. The van der Waals surface area contributed by atoms with E-state index in [2.05, 4.69) is 20.9 Å². The van der Waals surface area contributed by atoms with Gasteiger partial charge in [0, 0.05) is 29.2 Å². The number of rotatable bonds is 7. The summed E-state index contributed by atoms with van der Waals surface area (Å²) < 4.78 is 7.50. The molecular formula is C17H18ClN5OS2. The minimum absolute atomic E-state index is 0.225. The SMILES string of the molecule is Clc1ccc(Cc2nc(CSc3nnnn3C[C@@H]3CCCO3)cs2)cc1. The van der Waals surface area contributed by atoms with E-state index in [4.69, 9.17) is 21.3 Å². The number of thiazole rings is 1. The van der Waals surface area contributed by atoms with Crippen LogP contribution in [0.3, 0.4) is 0 Å². The van der Waals surface area contributed by atoms with E-state index in [-0.39, 0.29) is 6.10 Å². The van der Waals surface area contributed by atoms with Gasteiger partial charge in [-0.2, -0.15) is 0 Å². The second-order valence-electron chi connectivity index (χ2n) is 6.10. The Balaban J connectivity index is 1.33. The van der Waals surface area contributed by atoms with Crippen LogP contribution in [-0.2, 0) is 23.5 Å². The van der Waals surface area contributed by atoms with Crippen molar-refractivity contribution in [2.45, 2.75) is 42.8 Å². The molecule has 2 aromatic heterocycles. The molecular weight excluding hydrogens is 390 g/mol. The van der Waals surface area contributed by atoms with Crippen molar-refractivity contribution in [2.75, 3.05) is 6.61 Å². The molecule has 0 radical (unpaired) electrons. The van der Waals surface area contributed by atoms with Crippen LogP contribution < -0.4 is 0 Å². The van der Waals surface area contributed by atoms with E-state index in [0.717, 1.165) is 52.5 Å². The highest BCUT2D eigenvalue weighted by Crippen LogP contribution is 2.24. The average molecular weight is 408 g/mol. The molecule has 0 spiro atoms. The topological polar surface area (TPSA) is 65.7 Å². The summed E-state index contributed by atoms with van der Waals surface area (Å²) in [5.41, 5.74) is 2.26. The van der Waals surface area contributed by atoms with Gasteiger partial charge in [-0.3, -0.25) is 0 Å². The highest BCUT2D eigenvalue weighted by atomic mass is 35.5. The molecule has 3 aromatic rings. The van der Waals surface area contributed by atoms with E-state index in [0.29, 0.717) is 6.54 Å². The van der Waals surface area contributed by atoms with Gasteiger partial charge in [-0.1, -0.05) is 35.5 Å².